The first-order valence-electron chi connectivity index (χ1n) is 5.03. The minimum absolute atomic E-state index is 0.561. The third kappa shape index (κ3) is 2.79. The van der Waals surface area contributed by atoms with E-state index in [0.717, 1.165) is 10.7 Å². The van der Waals surface area contributed by atoms with E-state index in [1.807, 2.05) is 18.2 Å². The highest BCUT2D eigenvalue weighted by Crippen LogP contribution is 2.24. The fourth-order valence-corrected chi connectivity index (χ4v) is 1.97. The van der Waals surface area contributed by atoms with Crippen LogP contribution >= 0.6 is 11.3 Å². The molecular formula is C11H11N3O2S. The van der Waals surface area contributed by atoms with E-state index in [2.05, 4.69) is 15.3 Å². The molecule has 0 spiro atoms. The number of nitrogens with zero attached hydrogens (tertiary/aromatic N) is 2. The predicted molar refractivity (Wildman–Crippen MR) is 66.1 cm³/mol. The highest BCUT2D eigenvalue weighted by molar-refractivity contribution is 7.13. The van der Waals surface area contributed by atoms with E-state index in [9.17, 15) is 4.79 Å². The van der Waals surface area contributed by atoms with Crippen LogP contribution in [0.4, 0.5) is 5.82 Å². The van der Waals surface area contributed by atoms with Gasteiger partial charge in [-0.05, 0) is 19.1 Å². The summed E-state index contributed by atoms with van der Waals surface area (Å²) in [5.41, 5.74) is 0.786. The summed E-state index contributed by atoms with van der Waals surface area (Å²) in [4.78, 5) is 19.1. The molecule has 0 aromatic carbocycles. The van der Waals surface area contributed by atoms with Crippen LogP contribution in [0.3, 0.4) is 0 Å². The Morgan fingerprint density at radius 3 is 3.00 bits per heavy atom. The van der Waals surface area contributed by atoms with E-state index < -0.39 is 12.0 Å². The number of carboxylic acids is 1. The van der Waals surface area contributed by atoms with Gasteiger partial charge in [0, 0.05) is 11.6 Å². The van der Waals surface area contributed by atoms with Gasteiger partial charge >= 0.3 is 5.97 Å². The molecule has 2 aromatic rings. The van der Waals surface area contributed by atoms with Gasteiger partial charge in [-0.25, -0.2) is 4.98 Å². The normalized spacial score (nSPS) is 12.1. The van der Waals surface area contributed by atoms with Gasteiger partial charge in [-0.3, -0.25) is 9.78 Å². The number of thiazole rings is 1. The van der Waals surface area contributed by atoms with Crippen molar-refractivity contribution in [2.24, 2.45) is 0 Å². The fourth-order valence-electron chi connectivity index (χ4n) is 1.23. The molecule has 0 aliphatic rings. The average Bonchev–Trinajstić information content (AvgIpc) is 2.78. The Labute approximate surface area is 102 Å². The zero-order valence-corrected chi connectivity index (χ0v) is 9.94. The number of aliphatic carboxylic acids is 1. The number of carbonyl (C=O) groups is 1. The topological polar surface area (TPSA) is 75.1 Å². The van der Waals surface area contributed by atoms with Crippen LogP contribution in [0.1, 0.15) is 6.92 Å². The molecule has 2 N–H and O–H groups in total. The summed E-state index contributed by atoms with van der Waals surface area (Å²) in [7, 11) is 0. The van der Waals surface area contributed by atoms with E-state index in [1.165, 1.54) is 11.3 Å². The van der Waals surface area contributed by atoms with Crippen LogP contribution in [0, 0.1) is 0 Å². The molecule has 2 rings (SSSR count). The third-order valence-electron chi connectivity index (χ3n) is 2.12. The lowest BCUT2D eigenvalue weighted by molar-refractivity contribution is -0.137. The summed E-state index contributed by atoms with van der Waals surface area (Å²) >= 11 is 1.43. The first kappa shape index (κ1) is 11.5. The van der Waals surface area contributed by atoms with Gasteiger partial charge in [0.25, 0.3) is 0 Å². The lowest BCUT2D eigenvalue weighted by Crippen LogP contribution is -2.25. The Morgan fingerprint density at radius 1 is 1.53 bits per heavy atom. The van der Waals surface area contributed by atoms with Gasteiger partial charge in [0.15, 0.2) is 0 Å². The lowest BCUT2D eigenvalue weighted by Gasteiger charge is -2.06. The number of pyridine rings is 1. The molecule has 6 heteroatoms. The Morgan fingerprint density at radius 2 is 2.35 bits per heavy atom. The maximum atomic E-state index is 10.7. The number of carboxylic acid groups (broad SMARTS) is 1. The van der Waals surface area contributed by atoms with E-state index in [1.54, 1.807) is 18.5 Å². The summed E-state index contributed by atoms with van der Waals surface area (Å²) in [6.07, 6.45) is 1.70. The van der Waals surface area contributed by atoms with Gasteiger partial charge in [-0.15, -0.1) is 11.3 Å². The molecule has 0 amide bonds. The van der Waals surface area contributed by atoms with Gasteiger partial charge in [-0.1, -0.05) is 6.07 Å². The van der Waals surface area contributed by atoms with Crippen molar-refractivity contribution in [3.05, 3.63) is 29.8 Å². The molecule has 1 unspecified atom stereocenters. The summed E-state index contributed by atoms with van der Waals surface area (Å²) in [5.74, 6) is -0.345. The molecule has 5 nitrogen and oxygen atoms in total. The molecule has 0 aliphatic heterocycles. The van der Waals surface area contributed by atoms with Crippen LogP contribution in [0.2, 0.25) is 0 Å². The van der Waals surface area contributed by atoms with Crippen molar-refractivity contribution in [2.75, 3.05) is 5.32 Å². The molecule has 0 bridgehead atoms. The zero-order chi connectivity index (χ0) is 12.3. The van der Waals surface area contributed by atoms with Crippen LogP contribution in [0.15, 0.2) is 29.8 Å². The third-order valence-corrected chi connectivity index (χ3v) is 2.99. The zero-order valence-electron chi connectivity index (χ0n) is 9.12. The number of nitrogens with one attached hydrogen (secondary N) is 1. The van der Waals surface area contributed by atoms with Crippen LogP contribution in [0.25, 0.3) is 10.7 Å². The van der Waals surface area contributed by atoms with Crippen LogP contribution in [-0.2, 0) is 4.79 Å². The molecule has 2 heterocycles. The van der Waals surface area contributed by atoms with Gasteiger partial charge < -0.3 is 10.4 Å². The van der Waals surface area contributed by atoms with Crippen LogP contribution in [0.5, 0.6) is 0 Å². The highest BCUT2D eigenvalue weighted by Gasteiger charge is 2.12. The molecular weight excluding hydrogens is 238 g/mol. The highest BCUT2D eigenvalue weighted by atomic mass is 32.1. The first-order chi connectivity index (χ1) is 8.16. The largest absolute Gasteiger partial charge is 0.480 e. The second kappa shape index (κ2) is 4.92. The molecule has 17 heavy (non-hydrogen) atoms. The van der Waals surface area contributed by atoms with Crippen LogP contribution in [-0.4, -0.2) is 27.1 Å². The van der Waals surface area contributed by atoms with Crippen molar-refractivity contribution in [1.29, 1.82) is 0 Å². The number of anilines is 1. The summed E-state index contributed by atoms with van der Waals surface area (Å²) in [5, 5.41) is 14.1. The minimum atomic E-state index is -0.905. The number of aromatic nitrogens is 2. The lowest BCUT2D eigenvalue weighted by atomic mass is 10.3. The van der Waals surface area contributed by atoms with Gasteiger partial charge in [-0.2, -0.15) is 0 Å². The predicted octanol–water partition coefficient (Wildman–Crippen LogP) is 2.09. The second-order valence-corrected chi connectivity index (χ2v) is 4.32. The summed E-state index contributed by atoms with van der Waals surface area (Å²) in [6.45, 7) is 1.57. The van der Waals surface area contributed by atoms with Gasteiger partial charge in [0.05, 0.1) is 5.69 Å². The summed E-state index contributed by atoms with van der Waals surface area (Å²) < 4.78 is 0. The summed E-state index contributed by atoms with van der Waals surface area (Å²) in [6, 6.07) is 4.93. The van der Waals surface area contributed by atoms with Crippen molar-refractivity contribution in [3.63, 3.8) is 0 Å². The minimum Gasteiger partial charge on any atom is -0.480 e. The quantitative estimate of drug-likeness (QED) is 0.867. The van der Waals surface area contributed by atoms with Crippen molar-refractivity contribution in [2.45, 2.75) is 13.0 Å². The van der Waals surface area contributed by atoms with E-state index in [0.29, 0.717) is 5.82 Å². The van der Waals surface area contributed by atoms with Gasteiger partial charge in [0.1, 0.15) is 16.9 Å². The van der Waals surface area contributed by atoms with Gasteiger partial charge in [0.2, 0.25) is 0 Å². The monoisotopic (exact) mass is 249 g/mol. The van der Waals surface area contributed by atoms with Crippen molar-refractivity contribution in [3.8, 4) is 10.7 Å². The van der Waals surface area contributed by atoms with Crippen molar-refractivity contribution < 1.29 is 9.90 Å². The molecule has 0 saturated heterocycles. The van der Waals surface area contributed by atoms with E-state index >= 15 is 0 Å². The average molecular weight is 249 g/mol. The van der Waals surface area contributed by atoms with E-state index in [4.69, 9.17) is 5.11 Å². The van der Waals surface area contributed by atoms with Crippen molar-refractivity contribution >= 4 is 23.1 Å². The molecule has 1 atom stereocenters. The molecule has 0 fully saturated rings. The smallest absolute Gasteiger partial charge is 0.325 e. The second-order valence-electron chi connectivity index (χ2n) is 3.46. The molecule has 0 radical (unpaired) electrons. The molecule has 0 aliphatic carbocycles. The molecule has 0 saturated carbocycles. The SMILES string of the molecule is CC(Nc1csc(-c2ccccn2)n1)C(=O)O. The number of rotatable bonds is 4. The Hall–Kier alpha value is -1.95. The molecule has 88 valence electrons. The maximum absolute atomic E-state index is 10.7. The Kier molecular flexibility index (Phi) is 3.34. The number of hydrogen-bond donors (Lipinski definition) is 2. The maximum Gasteiger partial charge on any atom is 0.325 e. The van der Waals surface area contributed by atoms with Crippen molar-refractivity contribution in [1.82, 2.24) is 9.97 Å². The standard InChI is InChI=1S/C11H11N3O2S/c1-7(11(15)16)13-9-6-17-10(14-9)8-4-2-3-5-12-8/h2-7,13H,1H3,(H,15,16). The Balaban J connectivity index is 2.14. The Bertz CT molecular complexity index is 512. The fraction of sp³-hybridized carbons (Fsp3) is 0.182. The van der Waals surface area contributed by atoms with E-state index in [-0.39, 0.29) is 0 Å². The number of hydrogen-bond acceptors (Lipinski definition) is 5. The van der Waals surface area contributed by atoms with Crippen LogP contribution < -0.4 is 5.32 Å². The first-order valence-corrected chi connectivity index (χ1v) is 5.91. The molecule has 2 aromatic heterocycles.